The third-order valence-electron chi connectivity index (χ3n) is 6.17. The standard InChI is InChI=1S/C24H22N3.HI/c1-17-5-4-14-25(17)20-11-12-23-19(15-20)8-10-21-16-26-22-7-3-2-6-18(22)9-13-24(26)27(21)23;/h2-3,6-13,15-17H,4-5,14H2,1H3;1H/q+1;/p-1. The molecule has 140 valence electrons. The van der Waals surface area contributed by atoms with Crippen LogP contribution in [-0.4, -0.2) is 17.0 Å². The minimum Gasteiger partial charge on any atom is -1.00 e. The van der Waals surface area contributed by atoms with Crippen molar-refractivity contribution in [2.75, 3.05) is 11.4 Å². The van der Waals surface area contributed by atoms with E-state index >= 15 is 0 Å². The Balaban J connectivity index is 0.00000171. The molecule has 1 aliphatic heterocycles. The summed E-state index contributed by atoms with van der Waals surface area (Å²) >= 11 is 0. The van der Waals surface area contributed by atoms with Crippen LogP contribution in [0.1, 0.15) is 19.8 Å². The van der Waals surface area contributed by atoms with Crippen molar-refractivity contribution in [2.45, 2.75) is 25.8 Å². The maximum atomic E-state index is 2.54. The fourth-order valence-corrected chi connectivity index (χ4v) is 4.79. The largest absolute Gasteiger partial charge is 1.00 e. The summed E-state index contributed by atoms with van der Waals surface area (Å²) in [5.41, 5.74) is 6.29. The van der Waals surface area contributed by atoms with Crippen molar-refractivity contribution in [1.82, 2.24) is 4.40 Å². The third kappa shape index (κ3) is 2.50. The molecule has 28 heavy (non-hydrogen) atoms. The zero-order valence-electron chi connectivity index (χ0n) is 15.8. The minimum atomic E-state index is 0. The van der Waals surface area contributed by atoms with E-state index in [1.54, 1.807) is 0 Å². The predicted molar refractivity (Wildman–Crippen MR) is 112 cm³/mol. The summed E-state index contributed by atoms with van der Waals surface area (Å²) in [7, 11) is 0. The molecular weight excluding hydrogens is 457 g/mol. The zero-order valence-corrected chi connectivity index (χ0v) is 18.0. The molecule has 4 heteroatoms. The molecule has 1 saturated heterocycles. The van der Waals surface area contributed by atoms with Gasteiger partial charge in [-0.15, -0.1) is 0 Å². The lowest BCUT2D eigenvalue weighted by Gasteiger charge is -2.23. The average Bonchev–Trinajstić information content (AvgIpc) is 3.31. The van der Waals surface area contributed by atoms with E-state index in [-0.39, 0.29) is 24.0 Å². The first kappa shape index (κ1) is 17.7. The van der Waals surface area contributed by atoms with Crippen molar-refractivity contribution >= 4 is 38.7 Å². The van der Waals surface area contributed by atoms with Gasteiger partial charge in [0.25, 0.3) is 5.65 Å². The predicted octanol–water partition coefficient (Wildman–Crippen LogP) is 1.98. The molecule has 0 aliphatic carbocycles. The quantitative estimate of drug-likeness (QED) is 0.265. The summed E-state index contributed by atoms with van der Waals surface area (Å²) in [6.45, 7) is 3.50. The highest BCUT2D eigenvalue weighted by molar-refractivity contribution is 5.88. The summed E-state index contributed by atoms with van der Waals surface area (Å²) in [5, 5.41) is 2.56. The Labute approximate surface area is 181 Å². The van der Waals surface area contributed by atoms with Crippen LogP contribution >= 0.6 is 0 Å². The van der Waals surface area contributed by atoms with Gasteiger partial charge in [0.05, 0.1) is 0 Å². The van der Waals surface area contributed by atoms with Gasteiger partial charge in [-0.25, -0.2) is 0 Å². The fourth-order valence-electron chi connectivity index (χ4n) is 4.79. The average molecular weight is 479 g/mol. The molecule has 1 fully saturated rings. The molecule has 0 N–H and O–H groups in total. The first-order valence-electron chi connectivity index (χ1n) is 9.84. The van der Waals surface area contributed by atoms with Gasteiger partial charge in [-0.2, -0.15) is 8.80 Å². The van der Waals surface area contributed by atoms with E-state index in [0.717, 1.165) is 0 Å². The maximum Gasteiger partial charge on any atom is 0.292 e. The summed E-state index contributed by atoms with van der Waals surface area (Å²) in [4.78, 5) is 2.54. The van der Waals surface area contributed by atoms with Crippen LogP contribution in [0.4, 0.5) is 5.69 Å². The normalized spacial score (nSPS) is 17.0. The highest BCUT2D eigenvalue weighted by atomic mass is 127. The lowest BCUT2D eigenvalue weighted by atomic mass is 10.1. The SMILES string of the molecule is CC1CCCN1c1ccc2c(ccc3c[n+]4c5ccccc5ccc4n32)c1.[I-]. The second-order valence-electron chi connectivity index (χ2n) is 7.77. The molecular formula is C24H22IN3. The number of imidazole rings is 1. The number of benzene rings is 2. The topological polar surface area (TPSA) is 11.8 Å². The number of fused-ring (bicyclic) bond motifs is 7. The molecule has 1 unspecified atom stereocenters. The van der Waals surface area contributed by atoms with Crippen LogP contribution in [0.3, 0.4) is 0 Å². The smallest absolute Gasteiger partial charge is 0.292 e. The Kier molecular flexibility index (Phi) is 4.19. The molecule has 0 spiro atoms. The summed E-state index contributed by atoms with van der Waals surface area (Å²) in [5.74, 6) is 0. The third-order valence-corrected chi connectivity index (χ3v) is 6.17. The number of pyridine rings is 2. The molecule has 2 aromatic carbocycles. The van der Waals surface area contributed by atoms with Crippen LogP contribution in [0.25, 0.3) is 33.0 Å². The number of hydrogen-bond acceptors (Lipinski definition) is 1. The lowest BCUT2D eigenvalue weighted by molar-refractivity contribution is -0.479. The van der Waals surface area contributed by atoms with Crippen LogP contribution in [-0.2, 0) is 0 Å². The van der Waals surface area contributed by atoms with Gasteiger partial charge in [0, 0.05) is 35.1 Å². The molecule has 6 rings (SSSR count). The van der Waals surface area contributed by atoms with Crippen molar-refractivity contribution in [3.8, 4) is 0 Å². The van der Waals surface area contributed by atoms with Crippen molar-refractivity contribution in [2.24, 2.45) is 0 Å². The maximum absolute atomic E-state index is 2.54. The summed E-state index contributed by atoms with van der Waals surface area (Å²) in [6.07, 6.45) is 4.83. The van der Waals surface area contributed by atoms with Gasteiger partial charge < -0.3 is 28.9 Å². The molecule has 0 radical (unpaired) electrons. The van der Waals surface area contributed by atoms with Crippen LogP contribution in [0, 0.1) is 0 Å². The van der Waals surface area contributed by atoms with Crippen molar-refractivity contribution < 1.29 is 28.4 Å². The second kappa shape index (κ2) is 6.62. The Hall–Kier alpha value is -2.34. The van der Waals surface area contributed by atoms with E-state index in [1.807, 2.05) is 0 Å². The van der Waals surface area contributed by atoms with Crippen molar-refractivity contribution in [1.29, 1.82) is 0 Å². The Morgan fingerprint density at radius 2 is 1.79 bits per heavy atom. The van der Waals surface area contributed by atoms with E-state index in [9.17, 15) is 0 Å². The molecule has 1 aliphatic rings. The van der Waals surface area contributed by atoms with E-state index in [0.29, 0.717) is 6.04 Å². The molecule has 1 atom stereocenters. The van der Waals surface area contributed by atoms with Crippen molar-refractivity contribution in [3.05, 3.63) is 72.9 Å². The van der Waals surface area contributed by atoms with Crippen LogP contribution in [0.2, 0.25) is 0 Å². The number of para-hydroxylation sites is 1. The number of aromatic nitrogens is 2. The van der Waals surface area contributed by atoms with E-state index in [2.05, 4.69) is 93.6 Å². The van der Waals surface area contributed by atoms with E-state index in [4.69, 9.17) is 0 Å². The summed E-state index contributed by atoms with van der Waals surface area (Å²) < 4.78 is 4.68. The number of rotatable bonds is 1. The molecule has 5 aromatic rings. The van der Waals surface area contributed by atoms with Gasteiger partial charge in [0.15, 0.2) is 5.52 Å². The Morgan fingerprint density at radius 1 is 0.929 bits per heavy atom. The lowest BCUT2D eigenvalue weighted by Crippen LogP contribution is -3.00. The van der Waals surface area contributed by atoms with Crippen molar-refractivity contribution in [3.63, 3.8) is 0 Å². The number of halogens is 1. The first-order chi connectivity index (χ1) is 13.3. The van der Waals surface area contributed by atoms with Crippen LogP contribution in [0.5, 0.6) is 0 Å². The van der Waals surface area contributed by atoms with E-state index < -0.39 is 0 Å². The number of hydrogen-bond donors (Lipinski definition) is 0. The Bertz CT molecular complexity index is 1340. The highest BCUT2D eigenvalue weighted by Crippen LogP contribution is 2.29. The van der Waals surface area contributed by atoms with Gasteiger partial charge >= 0.3 is 0 Å². The Morgan fingerprint density at radius 3 is 2.64 bits per heavy atom. The van der Waals surface area contributed by atoms with Crippen LogP contribution < -0.4 is 33.3 Å². The number of nitrogens with zero attached hydrogens (tertiary/aromatic N) is 3. The van der Waals surface area contributed by atoms with Gasteiger partial charge in [0.1, 0.15) is 17.2 Å². The van der Waals surface area contributed by atoms with E-state index in [1.165, 1.54) is 58.0 Å². The van der Waals surface area contributed by atoms with Gasteiger partial charge in [-0.05, 0) is 62.2 Å². The first-order valence-corrected chi connectivity index (χ1v) is 9.84. The molecule has 0 bridgehead atoms. The molecule has 0 amide bonds. The van der Waals surface area contributed by atoms with Gasteiger partial charge in [-0.1, -0.05) is 18.2 Å². The van der Waals surface area contributed by atoms with Gasteiger partial charge in [0.2, 0.25) is 0 Å². The zero-order chi connectivity index (χ0) is 18.0. The van der Waals surface area contributed by atoms with Crippen LogP contribution in [0.15, 0.2) is 72.9 Å². The highest BCUT2D eigenvalue weighted by Gasteiger charge is 2.22. The molecule has 0 saturated carbocycles. The fraction of sp³-hybridized carbons (Fsp3) is 0.208. The monoisotopic (exact) mass is 479 g/mol. The molecule has 4 heterocycles. The second-order valence-corrected chi connectivity index (χ2v) is 7.77. The number of anilines is 1. The van der Waals surface area contributed by atoms with Gasteiger partial charge in [-0.3, -0.25) is 0 Å². The minimum absolute atomic E-state index is 0. The summed E-state index contributed by atoms with van der Waals surface area (Å²) in [6, 6.07) is 25.1. The molecule has 3 aromatic heterocycles. The molecule has 3 nitrogen and oxygen atoms in total.